The Balaban J connectivity index is 2.26. The predicted octanol–water partition coefficient (Wildman–Crippen LogP) is -1.65. The normalized spacial score (nSPS) is 18.5. The molecule has 1 aliphatic heterocycles. The van der Waals surface area contributed by atoms with Crippen molar-refractivity contribution in [3.05, 3.63) is 0 Å². The summed E-state index contributed by atoms with van der Waals surface area (Å²) in [7, 11) is -3.10. The van der Waals surface area contributed by atoms with Crippen LogP contribution in [0.4, 0.5) is 0 Å². The summed E-state index contributed by atoms with van der Waals surface area (Å²) in [5.74, 6) is -0.473. The van der Waals surface area contributed by atoms with Gasteiger partial charge in [0.25, 0.3) is 0 Å². The van der Waals surface area contributed by atoms with Crippen molar-refractivity contribution in [1.82, 2.24) is 0 Å². The van der Waals surface area contributed by atoms with Gasteiger partial charge in [0.2, 0.25) is 5.91 Å². The average molecular weight is 249 g/mol. The molecule has 0 unspecified atom stereocenters. The van der Waals surface area contributed by atoms with E-state index in [0.29, 0.717) is 6.54 Å². The number of amides is 1. The third kappa shape index (κ3) is 5.46. The van der Waals surface area contributed by atoms with Crippen LogP contribution in [-0.2, 0) is 14.6 Å². The molecule has 0 spiro atoms. The fourth-order valence-corrected chi connectivity index (χ4v) is 3.28. The van der Waals surface area contributed by atoms with Gasteiger partial charge in [0.15, 0.2) is 9.84 Å². The number of rotatable bonds is 6. The van der Waals surface area contributed by atoms with E-state index in [2.05, 4.69) is 0 Å². The number of piperidine rings is 1. The van der Waals surface area contributed by atoms with E-state index in [1.165, 1.54) is 24.2 Å². The van der Waals surface area contributed by atoms with Gasteiger partial charge in [-0.25, -0.2) is 8.42 Å². The summed E-state index contributed by atoms with van der Waals surface area (Å²) in [6.07, 6.45) is 3.59. The number of sulfone groups is 1. The summed E-state index contributed by atoms with van der Waals surface area (Å²) in [5.41, 5.74) is 4.93. The van der Waals surface area contributed by atoms with Gasteiger partial charge in [0.1, 0.15) is 0 Å². The molecule has 0 bridgehead atoms. The molecule has 1 saturated heterocycles. The highest BCUT2D eigenvalue weighted by Crippen LogP contribution is 1.96. The van der Waals surface area contributed by atoms with E-state index < -0.39 is 15.7 Å². The highest BCUT2D eigenvalue weighted by molar-refractivity contribution is 7.91. The summed E-state index contributed by atoms with van der Waals surface area (Å²) < 4.78 is 23.1. The van der Waals surface area contributed by atoms with Crippen LogP contribution in [0.1, 0.15) is 25.7 Å². The lowest BCUT2D eigenvalue weighted by Gasteiger charge is -2.23. The van der Waals surface area contributed by atoms with Crippen molar-refractivity contribution in [1.29, 1.82) is 0 Å². The molecule has 0 radical (unpaired) electrons. The Kier molecular flexibility index (Phi) is 5.21. The molecule has 0 aliphatic carbocycles. The van der Waals surface area contributed by atoms with Crippen molar-refractivity contribution >= 4 is 15.7 Å². The summed E-state index contributed by atoms with van der Waals surface area (Å²) in [6, 6.07) is 0. The second-order valence-electron chi connectivity index (χ2n) is 4.43. The lowest BCUT2D eigenvalue weighted by atomic mass is 10.1. The molecule has 0 atom stereocenters. The number of nitrogens with two attached hydrogens (primary N) is 1. The standard InChI is InChI=1S/C10H20N2O3S/c11-10(13)4-8-16(14,15)9-7-12-5-2-1-3-6-12/h1-9H2,(H2,11,13)/p+1. The monoisotopic (exact) mass is 249 g/mol. The molecule has 94 valence electrons. The van der Waals surface area contributed by atoms with Crippen LogP contribution in [0.25, 0.3) is 0 Å². The maximum atomic E-state index is 11.6. The quantitative estimate of drug-likeness (QED) is 0.591. The molecule has 1 amide bonds. The highest BCUT2D eigenvalue weighted by atomic mass is 32.2. The second kappa shape index (κ2) is 6.20. The molecule has 0 saturated carbocycles. The van der Waals surface area contributed by atoms with Crippen molar-refractivity contribution in [2.24, 2.45) is 5.73 Å². The Labute approximate surface area is 96.9 Å². The minimum absolute atomic E-state index is 0.0579. The number of carbonyl (C=O) groups excluding carboxylic acids is 1. The number of hydrogen-bond donors (Lipinski definition) is 2. The van der Waals surface area contributed by atoms with Crippen LogP contribution >= 0.6 is 0 Å². The first-order chi connectivity index (χ1) is 7.49. The molecule has 1 aliphatic rings. The largest absolute Gasteiger partial charge is 0.370 e. The minimum atomic E-state index is -3.10. The van der Waals surface area contributed by atoms with Crippen LogP contribution in [0.15, 0.2) is 0 Å². The fraction of sp³-hybridized carbons (Fsp3) is 0.900. The lowest BCUT2D eigenvalue weighted by Crippen LogP contribution is -3.13. The smallest absolute Gasteiger partial charge is 0.218 e. The topological polar surface area (TPSA) is 81.7 Å². The lowest BCUT2D eigenvalue weighted by molar-refractivity contribution is -0.902. The van der Waals surface area contributed by atoms with Crippen LogP contribution in [-0.4, -0.2) is 45.5 Å². The summed E-state index contributed by atoms with van der Waals surface area (Å²) >= 11 is 0. The Bertz CT molecular complexity index is 321. The molecule has 1 fully saturated rings. The number of nitrogens with one attached hydrogen (secondary N) is 1. The molecule has 5 nitrogen and oxygen atoms in total. The third-order valence-electron chi connectivity index (χ3n) is 2.99. The van der Waals surface area contributed by atoms with E-state index in [1.54, 1.807) is 0 Å². The molecule has 1 heterocycles. The first kappa shape index (κ1) is 13.4. The van der Waals surface area contributed by atoms with Crippen molar-refractivity contribution < 1.29 is 18.1 Å². The zero-order chi connectivity index (χ0) is 12.0. The molecule has 16 heavy (non-hydrogen) atoms. The van der Waals surface area contributed by atoms with Gasteiger partial charge in [0.05, 0.1) is 31.1 Å². The zero-order valence-corrected chi connectivity index (χ0v) is 10.4. The summed E-state index contributed by atoms with van der Waals surface area (Å²) in [6.45, 7) is 2.82. The van der Waals surface area contributed by atoms with Gasteiger partial charge in [-0.05, 0) is 19.3 Å². The first-order valence-electron chi connectivity index (χ1n) is 5.82. The van der Waals surface area contributed by atoms with E-state index in [9.17, 15) is 13.2 Å². The van der Waals surface area contributed by atoms with Crippen molar-refractivity contribution in [2.45, 2.75) is 25.7 Å². The van der Waals surface area contributed by atoms with Crippen molar-refractivity contribution in [3.63, 3.8) is 0 Å². The van der Waals surface area contributed by atoms with Crippen molar-refractivity contribution in [2.75, 3.05) is 31.1 Å². The van der Waals surface area contributed by atoms with Gasteiger partial charge < -0.3 is 10.6 Å². The van der Waals surface area contributed by atoms with Crippen LogP contribution in [0.5, 0.6) is 0 Å². The van der Waals surface area contributed by atoms with Gasteiger partial charge in [-0.15, -0.1) is 0 Å². The van der Waals surface area contributed by atoms with Gasteiger partial charge in [-0.3, -0.25) is 4.79 Å². The maximum absolute atomic E-state index is 11.6. The fourth-order valence-electron chi connectivity index (χ4n) is 1.96. The molecule has 1 rings (SSSR count). The number of likely N-dealkylation sites (tertiary alicyclic amines) is 1. The van der Waals surface area contributed by atoms with Crippen LogP contribution < -0.4 is 10.6 Å². The van der Waals surface area contributed by atoms with E-state index in [-0.39, 0.29) is 17.9 Å². The minimum Gasteiger partial charge on any atom is -0.370 e. The number of hydrogen-bond acceptors (Lipinski definition) is 3. The van der Waals surface area contributed by atoms with Crippen LogP contribution in [0.2, 0.25) is 0 Å². The average Bonchev–Trinajstić information content (AvgIpc) is 2.26. The molecular formula is C10H21N2O3S+. The molecular weight excluding hydrogens is 228 g/mol. The highest BCUT2D eigenvalue weighted by Gasteiger charge is 2.18. The van der Waals surface area contributed by atoms with E-state index in [1.807, 2.05) is 0 Å². The Hall–Kier alpha value is -0.620. The molecule has 3 N–H and O–H groups in total. The first-order valence-corrected chi connectivity index (χ1v) is 7.64. The summed E-state index contributed by atoms with van der Waals surface area (Å²) in [5, 5.41) is 0. The molecule has 6 heteroatoms. The number of carbonyl (C=O) groups is 1. The SMILES string of the molecule is NC(=O)CCS(=O)(=O)CC[NH+]1CCCCC1. The van der Waals surface area contributed by atoms with Crippen LogP contribution in [0.3, 0.4) is 0 Å². The molecule has 0 aromatic carbocycles. The van der Waals surface area contributed by atoms with E-state index >= 15 is 0 Å². The Morgan fingerprint density at radius 1 is 1.12 bits per heavy atom. The molecule has 0 aromatic rings. The second-order valence-corrected chi connectivity index (χ2v) is 6.73. The maximum Gasteiger partial charge on any atom is 0.218 e. The Morgan fingerprint density at radius 2 is 1.75 bits per heavy atom. The molecule has 0 aromatic heterocycles. The third-order valence-corrected chi connectivity index (χ3v) is 4.64. The van der Waals surface area contributed by atoms with Crippen molar-refractivity contribution in [3.8, 4) is 0 Å². The number of primary amides is 1. The van der Waals surface area contributed by atoms with Gasteiger partial charge >= 0.3 is 0 Å². The van der Waals surface area contributed by atoms with E-state index in [0.717, 1.165) is 13.1 Å². The van der Waals surface area contributed by atoms with Gasteiger partial charge in [0, 0.05) is 6.42 Å². The summed E-state index contributed by atoms with van der Waals surface area (Å²) in [4.78, 5) is 11.9. The van der Waals surface area contributed by atoms with Crippen LogP contribution in [0, 0.1) is 0 Å². The predicted molar refractivity (Wildman–Crippen MR) is 61.9 cm³/mol. The Morgan fingerprint density at radius 3 is 2.31 bits per heavy atom. The zero-order valence-electron chi connectivity index (χ0n) is 9.57. The van der Waals surface area contributed by atoms with Gasteiger partial charge in [-0.1, -0.05) is 0 Å². The number of quaternary nitrogens is 1. The van der Waals surface area contributed by atoms with Gasteiger partial charge in [-0.2, -0.15) is 0 Å². The van der Waals surface area contributed by atoms with E-state index in [4.69, 9.17) is 5.73 Å².